The van der Waals surface area contributed by atoms with E-state index in [-0.39, 0.29) is 11.3 Å². The number of hydrogen-bond acceptors (Lipinski definition) is 2. The van der Waals surface area contributed by atoms with Gasteiger partial charge in [0.25, 0.3) is 0 Å². The van der Waals surface area contributed by atoms with Crippen molar-refractivity contribution in [1.82, 2.24) is 5.32 Å². The average Bonchev–Trinajstić information content (AvgIpc) is 2.25. The minimum Gasteiger partial charge on any atom is -0.387 e. The maximum atomic E-state index is 11.0. The van der Waals surface area contributed by atoms with Crippen LogP contribution in [-0.2, 0) is 16.8 Å². The summed E-state index contributed by atoms with van der Waals surface area (Å²) in [5.74, 6) is -0.343. The SMILES string of the molecule is Cc1cc(C(C)(C)C)ccc1CNC(=O)CO. The van der Waals surface area contributed by atoms with Gasteiger partial charge in [0.2, 0.25) is 5.91 Å². The summed E-state index contributed by atoms with van der Waals surface area (Å²) in [5, 5.41) is 11.3. The van der Waals surface area contributed by atoms with Gasteiger partial charge in [0.05, 0.1) is 0 Å². The first-order valence-electron chi connectivity index (χ1n) is 5.82. The van der Waals surface area contributed by atoms with Gasteiger partial charge >= 0.3 is 0 Å². The number of amides is 1. The molecule has 17 heavy (non-hydrogen) atoms. The van der Waals surface area contributed by atoms with E-state index >= 15 is 0 Å². The molecule has 3 nitrogen and oxygen atoms in total. The van der Waals surface area contributed by atoms with E-state index in [4.69, 9.17) is 5.11 Å². The highest BCUT2D eigenvalue weighted by atomic mass is 16.3. The van der Waals surface area contributed by atoms with Crippen molar-refractivity contribution in [2.75, 3.05) is 6.61 Å². The Hall–Kier alpha value is -1.35. The molecular weight excluding hydrogens is 214 g/mol. The molecule has 0 saturated heterocycles. The Bertz CT molecular complexity index is 405. The van der Waals surface area contributed by atoms with Crippen molar-refractivity contribution in [3.05, 3.63) is 34.9 Å². The smallest absolute Gasteiger partial charge is 0.245 e. The lowest BCUT2D eigenvalue weighted by atomic mass is 9.85. The van der Waals surface area contributed by atoms with Crippen LogP contribution < -0.4 is 5.32 Å². The van der Waals surface area contributed by atoms with Crippen LogP contribution in [0.3, 0.4) is 0 Å². The number of hydrogen-bond donors (Lipinski definition) is 2. The number of carbonyl (C=O) groups excluding carboxylic acids is 1. The third kappa shape index (κ3) is 3.86. The molecule has 1 aromatic carbocycles. The topological polar surface area (TPSA) is 49.3 Å². The number of aryl methyl sites for hydroxylation is 1. The van der Waals surface area contributed by atoms with E-state index < -0.39 is 6.61 Å². The van der Waals surface area contributed by atoms with Crippen LogP contribution in [0.2, 0.25) is 0 Å². The lowest BCUT2D eigenvalue weighted by Crippen LogP contribution is -2.26. The van der Waals surface area contributed by atoms with E-state index in [0.717, 1.165) is 11.1 Å². The summed E-state index contributed by atoms with van der Waals surface area (Å²) in [6.45, 7) is 8.57. The van der Waals surface area contributed by atoms with Crippen LogP contribution in [0.25, 0.3) is 0 Å². The first kappa shape index (κ1) is 13.7. The normalized spacial score (nSPS) is 11.4. The number of nitrogens with one attached hydrogen (secondary N) is 1. The molecule has 0 atom stereocenters. The number of aliphatic hydroxyl groups excluding tert-OH is 1. The van der Waals surface area contributed by atoms with E-state index in [2.05, 4.69) is 38.2 Å². The molecule has 0 bridgehead atoms. The second kappa shape index (κ2) is 5.32. The van der Waals surface area contributed by atoms with Gasteiger partial charge in [0.15, 0.2) is 0 Å². The van der Waals surface area contributed by atoms with Crippen LogP contribution in [0.15, 0.2) is 18.2 Å². The van der Waals surface area contributed by atoms with Crippen molar-refractivity contribution in [1.29, 1.82) is 0 Å². The highest BCUT2D eigenvalue weighted by Gasteiger charge is 2.14. The van der Waals surface area contributed by atoms with Gasteiger partial charge < -0.3 is 10.4 Å². The summed E-state index contributed by atoms with van der Waals surface area (Å²) in [4.78, 5) is 11.0. The lowest BCUT2D eigenvalue weighted by molar-refractivity contribution is -0.123. The van der Waals surface area contributed by atoms with Crippen LogP contribution in [0.5, 0.6) is 0 Å². The number of rotatable bonds is 3. The van der Waals surface area contributed by atoms with Crippen molar-refractivity contribution in [2.24, 2.45) is 0 Å². The Kier molecular flexibility index (Phi) is 4.29. The van der Waals surface area contributed by atoms with Gasteiger partial charge in [-0.15, -0.1) is 0 Å². The summed E-state index contributed by atoms with van der Waals surface area (Å²) in [6, 6.07) is 6.28. The molecule has 0 aliphatic rings. The fraction of sp³-hybridized carbons (Fsp3) is 0.500. The third-order valence-electron chi connectivity index (χ3n) is 2.83. The first-order valence-corrected chi connectivity index (χ1v) is 5.82. The minimum absolute atomic E-state index is 0.137. The molecule has 94 valence electrons. The molecule has 1 rings (SSSR count). The highest BCUT2D eigenvalue weighted by molar-refractivity contribution is 5.76. The second-order valence-corrected chi connectivity index (χ2v) is 5.33. The van der Waals surface area contributed by atoms with Crippen molar-refractivity contribution in [3.8, 4) is 0 Å². The summed E-state index contributed by atoms with van der Waals surface area (Å²) in [6.07, 6.45) is 0. The molecule has 0 radical (unpaired) electrons. The van der Waals surface area contributed by atoms with E-state index in [0.29, 0.717) is 6.54 Å². The Morgan fingerprint density at radius 2 is 2.00 bits per heavy atom. The van der Waals surface area contributed by atoms with Gasteiger partial charge in [-0.25, -0.2) is 0 Å². The van der Waals surface area contributed by atoms with Crippen molar-refractivity contribution in [3.63, 3.8) is 0 Å². The fourth-order valence-electron chi connectivity index (χ4n) is 1.61. The van der Waals surface area contributed by atoms with Crippen LogP contribution in [0, 0.1) is 6.92 Å². The lowest BCUT2D eigenvalue weighted by Gasteiger charge is -2.20. The second-order valence-electron chi connectivity index (χ2n) is 5.33. The quantitative estimate of drug-likeness (QED) is 0.840. The minimum atomic E-state index is -0.459. The fourth-order valence-corrected chi connectivity index (χ4v) is 1.61. The summed E-state index contributed by atoms with van der Waals surface area (Å²) < 4.78 is 0. The predicted molar refractivity (Wildman–Crippen MR) is 68.8 cm³/mol. The summed E-state index contributed by atoms with van der Waals surface area (Å²) >= 11 is 0. The van der Waals surface area contributed by atoms with Crippen molar-refractivity contribution in [2.45, 2.75) is 39.7 Å². The molecule has 0 heterocycles. The number of carbonyl (C=O) groups is 1. The van der Waals surface area contributed by atoms with Gasteiger partial charge in [-0.3, -0.25) is 4.79 Å². The zero-order chi connectivity index (χ0) is 13.1. The number of aliphatic hydroxyl groups is 1. The maximum absolute atomic E-state index is 11.0. The monoisotopic (exact) mass is 235 g/mol. The van der Waals surface area contributed by atoms with E-state index in [1.165, 1.54) is 5.56 Å². The van der Waals surface area contributed by atoms with Gasteiger partial charge in [-0.2, -0.15) is 0 Å². The molecular formula is C14H21NO2. The molecule has 0 aromatic heterocycles. The van der Waals surface area contributed by atoms with Gasteiger partial charge in [-0.05, 0) is 29.0 Å². The van der Waals surface area contributed by atoms with E-state index in [1.54, 1.807) is 0 Å². The zero-order valence-electron chi connectivity index (χ0n) is 11.0. The van der Waals surface area contributed by atoms with Crippen molar-refractivity contribution < 1.29 is 9.90 Å². The average molecular weight is 235 g/mol. The summed E-state index contributed by atoms with van der Waals surface area (Å²) in [7, 11) is 0. The molecule has 0 aliphatic carbocycles. The Morgan fingerprint density at radius 1 is 1.35 bits per heavy atom. The van der Waals surface area contributed by atoms with Crippen LogP contribution in [-0.4, -0.2) is 17.6 Å². The van der Waals surface area contributed by atoms with Crippen LogP contribution >= 0.6 is 0 Å². The Balaban J connectivity index is 2.80. The van der Waals surface area contributed by atoms with E-state index in [1.807, 2.05) is 13.0 Å². The molecule has 0 aliphatic heterocycles. The highest BCUT2D eigenvalue weighted by Crippen LogP contribution is 2.24. The molecule has 0 spiro atoms. The molecule has 1 aromatic rings. The third-order valence-corrected chi connectivity index (χ3v) is 2.83. The van der Waals surface area contributed by atoms with Gasteiger partial charge in [0.1, 0.15) is 6.61 Å². The molecule has 2 N–H and O–H groups in total. The Labute approximate surface area is 103 Å². The van der Waals surface area contributed by atoms with Crippen LogP contribution in [0.4, 0.5) is 0 Å². The zero-order valence-corrected chi connectivity index (χ0v) is 11.0. The molecule has 0 fully saturated rings. The molecule has 1 amide bonds. The molecule has 0 unspecified atom stereocenters. The van der Waals surface area contributed by atoms with E-state index in [9.17, 15) is 4.79 Å². The molecule has 0 saturated carbocycles. The number of benzene rings is 1. The molecule has 3 heteroatoms. The Morgan fingerprint density at radius 3 is 2.47 bits per heavy atom. The summed E-state index contributed by atoms with van der Waals surface area (Å²) in [5.41, 5.74) is 3.67. The van der Waals surface area contributed by atoms with Gasteiger partial charge in [-0.1, -0.05) is 39.0 Å². The van der Waals surface area contributed by atoms with Gasteiger partial charge in [0, 0.05) is 6.54 Å². The largest absolute Gasteiger partial charge is 0.387 e. The maximum Gasteiger partial charge on any atom is 0.245 e. The standard InChI is InChI=1S/C14H21NO2/c1-10-7-12(14(2,3)4)6-5-11(10)8-15-13(17)9-16/h5-7,16H,8-9H2,1-4H3,(H,15,17). The van der Waals surface area contributed by atoms with Crippen molar-refractivity contribution >= 4 is 5.91 Å². The first-order chi connectivity index (χ1) is 7.84. The van der Waals surface area contributed by atoms with Crippen LogP contribution in [0.1, 0.15) is 37.5 Å². The predicted octanol–water partition coefficient (Wildman–Crippen LogP) is 1.90.